The van der Waals surface area contributed by atoms with E-state index in [0.29, 0.717) is 12.8 Å². The number of hydrogen-bond donors (Lipinski definition) is 1. The molecule has 0 aromatic heterocycles. The minimum absolute atomic E-state index is 0.0108. The molecule has 0 aliphatic heterocycles. The molecule has 0 rings (SSSR count). The summed E-state index contributed by atoms with van der Waals surface area (Å²) in [4.78, 5) is 38.4. The molecule has 63 heavy (non-hydrogen) atoms. The number of hydrogen-bond acceptors (Lipinski definition) is 5. The Labute approximate surface area is 393 Å². The SMILES string of the molecule is CCCCCCCCCCCCCCCCCC(=O)OC(OC(=O)CCCCCCCCCCCCCCCCC)C(C)C(CCCCCCCCCCCCCCC)CC(=O)O. The summed E-state index contributed by atoms with van der Waals surface area (Å²) in [6, 6.07) is 0. The summed E-state index contributed by atoms with van der Waals surface area (Å²) >= 11 is 0. The van der Waals surface area contributed by atoms with Crippen molar-refractivity contribution in [2.75, 3.05) is 0 Å². The summed E-state index contributed by atoms with van der Waals surface area (Å²) in [5, 5.41) is 9.87. The second-order valence-electron chi connectivity index (χ2n) is 20.0. The second-order valence-corrected chi connectivity index (χ2v) is 20.0. The average Bonchev–Trinajstić information content (AvgIpc) is 3.26. The smallest absolute Gasteiger partial charge is 0.308 e. The lowest BCUT2D eigenvalue weighted by molar-refractivity contribution is -0.201. The van der Waals surface area contributed by atoms with E-state index in [2.05, 4.69) is 20.8 Å². The lowest BCUT2D eigenvalue weighted by Gasteiger charge is -2.30. The molecule has 0 radical (unpaired) electrons. The van der Waals surface area contributed by atoms with E-state index in [0.717, 1.165) is 64.2 Å². The summed E-state index contributed by atoms with van der Waals surface area (Å²) < 4.78 is 11.9. The molecule has 0 saturated carbocycles. The molecule has 0 heterocycles. The monoisotopic (exact) mass is 891 g/mol. The van der Waals surface area contributed by atoms with Crippen LogP contribution in [0.2, 0.25) is 0 Å². The fourth-order valence-corrected chi connectivity index (χ4v) is 9.32. The zero-order valence-corrected chi connectivity index (χ0v) is 43.0. The Balaban J connectivity index is 4.75. The lowest BCUT2D eigenvalue weighted by atomic mass is 9.85. The molecule has 0 aliphatic rings. The first-order chi connectivity index (χ1) is 30.8. The van der Waals surface area contributed by atoms with Gasteiger partial charge in [0.1, 0.15) is 0 Å². The summed E-state index contributed by atoms with van der Waals surface area (Å²) in [5.74, 6) is -2.13. The molecule has 2 atom stereocenters. The molecule has 2 unspecified atom stereocenters. The number of ether oxygens (including phenoxy) is 2. The molecule has 6 heteroatoms. The molecule has 374 valence electrons. The van der Waals surface area contributed by atoms with Crippen LogP contribution < -0.4 is 0 Å². The van der Waals surface area contributed by atoms with Gasteiger partial charge < -0.3 is 14.6 Å². The molecule has 0 aromatic rings. The summed E-state index contributed by atoms with van der Waals surface area (Å²) in [6.07, 6.45) is 54.8. The first kappa shape index (κ1) is 61.4. The number of carboxylic acids is 1. The van der Waals surface area contributed by atoms with Crippen molar-refractivity contribution in [3.05, 3.63) is 0 Å². The van der Waals surface area contributed by atoms with Gasteiger partial charge in [-0.05, 0) is 25.2 Å². The largest absolute Gasteiger partial charge is 0.481 e. The van der Waals surface area contributed by atoms with Crippen LogP contribution in [-0.2, 0) is 23.9 Å². The third-order valence-corrected chi connectivity index (χ3v) is 13.8. The van der Waals surface area contributed by atoms with Crippen LogP contribution in [0, 0.1) is 11.8 Å². The number of carbonyl (C=O) groups excluding carboxylic acids is 2. The number of carbonyl (C=O) groups is 3. The van der Waals surface area contributed by atoms with Crippen LogP contribution >= 0.6 is 0 Å². The highest BCUT2D eigenvalue weighted by molar-refractivity contribution is 5.71. The zero-order chi connectivity index (χ0) is 46.1. The molecule has 0 amide bonds. The Kier molecular flexibility index (Phi) is 48.6. The summed E-state index contributed by atoms with van der Waals surface area (Å²) in [6.45, 7) is 8.73. The van der Waals surface area contributed by atoms with Crippen molar-refractivity contribution in [1.82, 2.24) is 0 Å². The molecular weight excluding hydrogens is 781 g/mol. The van der Waals surface area contributed by atoms with Gasteiger partial charge in [0, 0.05) is 25.2 Å². The van der Waals surface area contributed by atoms with Gasteiger partial charge in [-0.3, -0.25) is 14.4 Å². The van der Waals surface area contributed by atoms with Gasteiger partial charge >= 0.3 is 17.9 Å². The standard InChI is InChI=1S/C57H110O6/c1-5-8-11-14-17-20-23-26-28-31-34-37-40-43-46-49-55(60)62-57(63-56(61)50-47-44-41-38-35-32-29-27-24-21-18-15-12-9-6-2)52(4)53(51-54(58)59)48-45-42-39-36-33-30-25-22-19-16-13-10-7-3/h52-53,57H,5-51H2,1-4H3,(H,58,59). The van der Waals surface area contributed by atoms with Gasteiger partial charge in [0.25, 0.3) is 0 Å². The Morgan fingerprint density at radius 2 is 0.571 bits per heavy atom. The molecule has 1 N–H and O–H groups in total. The highest BCUT2D eigenvalue weighted by Gasteiger charge is 2.33. The maximum Gasteiger partial charge on any atom is 0.308 e. The van der Waals surface area contributed by atoms with Gasteiger partial charge in [0.05, 0.1) is 0 Å². The van der Waals surface area contributed by atoms with Gasteiger partial charge in [-0.1, -0.05) is 291 Å². The topological polar surface area (TPSA) is 89.9 Å². The molecule has 0 aliphatic carbocycles. The Bertz CT molecular complexity index is 918. The first-order valence-corrected chi connectivity index (χ1v) is 28.5. The third kappa shape index (κ3) is 45.4. The first-order valence-electron chi connectivity index (χ1n) is 28.5. The van der Waals surface area contributed by atoms with Gasteiger partial charge in [-0.25, -0.2) is 0 Å². The van der Waals surface area contributed by atoms with E-state index in [1.165, 1.54) is 218 Å². The summed E-state index contributed by atoms with van der Waals surface area (Å²) in [7, 11) is 0. The highest BCUT2D eigenvalue weighted by Crippen LogP contribution is 2.29. The van der Waals surface area contributed by atoms with Crippen molar-refractivity contribution in [1.29, 1.82) is 0 Å². The Hall–Kier alpha value is -1.59. The Morgan fingerprint density at radius 1 is 0.349 bits per heavy atom. The van der Waals surface area contributed by atoms with Gasteiger partial charge in [0.15, 0.2) is 0 Å². The van der Waals surface area contributed by atoms with Crippen LogP contribution in [0.25, 0.3) is 0 Å². The number of aliphatic carboxylic acids is 1. The minimum Gasteiger partial charge on any atom is -0.481 e. The predicted octanol–water partition coefficient (Wildman–Crippen LogP) is 19.1. The van der Waals surface area contributed by atoms with E-state index < -0.39 is 12.3 Å². The number of unbranched alkanes of at least 4 members (excludes halogenated alkanes) is 40. The molecule has 0 spiro atoms. The maximum absolute atomic E-state index is 13.2. The second kappa shape index (κ2) is 49.8. The molecule has 0 bridgehead atoms. The number of esters is 2. The predicted molar refractivity (Wildman–Crippen MR) is 270 cm³/mol. The summed E-state index contributed by atoms with van der Waals surface area (Å²) in [5.41, 5.74) is 0. The normalized spacial score (nSPS) is 12.5. The van der Waals surface area contributed by atoms with E-state index in [1.54, 1.807) is 0 Å². The van der Waals surface area contributed by atoms with Crippen LogP contribution in [0.5, 0.6) is 0 Å². The van der Waals surface area contributed by atoms with E-state index >= 15 is 0 Å². The van der Waals surface area contributed by atoms with Crippen LogP contribution in [-0.4, -0.2) is 29.3 Å². The third-order valence-electron chi connectivity index (χ3n) is 13.8. The molecule has 0 saturated heterocycles. The fourth-order valence-electron chi connectivity index (χ4n) is 9.32. The zero-order valence-electron chi connectivity index (χ0n) is 43.0. The molecule has 0 aromatic carbocycles. The van der Waals surface area contributed by atoms with Crippen molar-refractivity contribution in [3.63, 3.8) is 0 Å². The van der Waals surface area contributed by atoms with Crippen LogP contribution in [0.3, 0.4) is 0 Å². The maximum atomic E-state index is 13.2. The van der Waals surface area contributed by atoms with Crippen molar-refractivity contribution >= 4 is 17.9 Å². The van der Waals surface area contributed by atoms with Crippen molar-refractivity contribution < 1.29 is 29.0 Å². The average molecular weight is 892 g/mol. The number of carboxylic acid groups (broad SMARTS) is 1. The number of rotatable bonds is 52. The lowest BCUT2D eigenvalue weighted by Crippen LogP contribution is -2.35. The molecule has 0 fully saturated rings. The van der Waals surface area contributed by atoms with E-state index in [9.17, 15) is 19.5 Å². The molecular formula is C57H110O6. The van der Waals surface area contributed by atoms with Crippen LogP contribution in [0.4, 0.5) is 0 Å². The van der Waals surface area contributed by atoms with Gasteiger partial charge in [-0.15, -0.1) is 0 Å². The van der Waals surface area contributed by atoms with Crippen LogP contribution in [0.1, 0.15) is 329 Å². The van der Waals surface area contributed by atoms with Gasteiger partial charge in [0.2, 0.25) is 6.29 Å². The van der Waals surface area contributed by atoms with Crippen molar-refractivity contribution in [2.45, 2.75) is 336 Å². The van der Waals surface area contributed by atoms with Crippen molar-refractivity contribution in [2.24, 2.45) is 11.8 Å². The van der Waals surface area contributed by atoms with E-state index in [-0.39, 0.29) is 30.2 Å². The van der Waals surface area contributed by atoms with Crippen molar-refractivity contribution in [3.8, 4) is 0 Å². The Morgan fingerprint density at radius 3 is 0.810 bits per heavy atom. The van der Waals surface area contributed by atoms with E-state index in [1.807, 2.05) is 6.92 Å². The van der Waals surface area contributed by atoms with Crippen LogP contribution in [0.15, 0.2) is 0 Å². The quantitative estimate of drug-likeness (QED) is 0.0372. The fraction of sp³-hybridized carbons (Fsp3) is 0.947. The van der Waals surface area contributed by atoms with Gasteiger partial charge in [-0.2, -0.15) is 0 Å². The molecule has 6 nitrogen and oxygen atoms in total. The van der Waals surface area contributed by atoms with E-state index in [4.69, 9.17) is 9.47 Å². The highest BCUT2D eigenvalue weighted by atomic mass is 16.7. The minimum atomic E-state index is -1.04.